The summed E-state index contributed by atoms with van der Waals surface area (Å²) < 4.78 is 0.827. The summed E-state index contributed by atoms with van der Waals surface area (Å²) in [5.41, 5.74) is 1.98. The van der Waals surface area contributed by atoms with E-state index in [1.165, 1.54) is 5.56 Å². The maximum Gasteiger partial charge on any atom is 0.252 e. The lowest BCUT2D eigenvalue weighted by atomic mass is 10.1. The van der Waals surface area contributed by atoms with Crippen molar-refractivity contribution in [2.24, 2.45) is 0 Å². The van der Waals surface area contributed by atoms with Crippen molar-refractivity contribution in [3.05, 3.63) is 70.2 Å². The summed E-state index contributed by atoms with van der Waals surface area (Å²) in [5, 5.41) is 3.04. The molecule has 0 aromatic heterocycles. The Morgan fingerprint density at radius 2 is 1.75 bits per heavy atom. The van der Waals surface area contributed by atoms with Gasteiger partial charge in [0.1, 0.15) is 0 Å². The van der Waals surface area contributed by atoms with Gasteiger partial charge >= 0.3 is 0 Å². The van der Waals surface area contributed by atoms with E-state index in [-0.39, 0.29) is 11.9 Å². The minimum atomic E-state index is -0.0296. The normalized spacial score (nSPS) is 11.9. The van der Waals surface area contributed by atoms with E-state index in [0.29, 0.717) is 5.56 Å². The fraction of sp³-hybridized carbons (Fsp3) is 0.235. The minimum absolute atomic E-state index is 0.0296. The van der Waals surface area contributed by atoms with E-state index < -0.39 is 0 Å². The Morgan fingerprint density at radius 1 is 1.10 bits per heavy atom. The number of rotatable bonds is 5. The van der Waals surface area contributed by atoms with Gasteiger partial charge in [-0.05, 0) is 53.4 Å². The molecule has 2 aromatic carbocycles. The number of carbonyl (C=O) groups is 1. The molecule has 0 unspecified atom stereocenters. The molecule has 3 heteroatoms. The number of halogens is 1. The van der Waals surface area contributed by atoms with Gasteiger partial charge in [-0.2, -0.15) is 0 Å². The molecule has 0 bridgehead atoms. The molecule has 1 atom stereocenters. The lowest BCUT2D eigenvalue weighted by Gasteiger charge is -2.14. The van der Waals surface area contributed by atoms with Crippen LogP contribution in [0.4, 0.5) is 0 Å². The van der Waals surface area contributed by atoms with Crippen molar-refractivity contribution in [2.45, 2.75) is 25.8 Å². The molecule has 0 spiro atoms. The van der Waals surface area contributed by atoms with Crippen molar-refractivity contribution in [3.8, 4) is 0 Å². The molecule has 0 aliphatic rings. The second-order valence-corrected chi connectivity index (χ2v) is 5.73. The molecular weight excluding hydrogens is 314 g/mol. The molecule has 0 radical (unpaired) electrons. The Labute approximate surface area is 128 Å². The number of carbonyl (C=O) groups excluding carboxylic acids is 1. The summed E-state index contributed by atoms with van der Waals surface area (Å²) in [7, 11) is 0. The van der Waals surface area contributed by atoms with Gasteiger partial charge in [0.05, 0.1) is 5.56 Å². The minimum Gasteiger partial charge on any atom is -0.350 e. The summed E-state index contributed by atoms with van der Waals surface area (Å²) in [4.78, 5) is 12.1. The zero-order valence-electron chi connectivity index (χ0n) is 11.5. The van der Waals surface area contributed by atoms with Gasteiger partial charge in [0.25, 0.3) is 5.91 Å². The van der Waals surface area contributed by atoms with E-state index in [1.807, 2.05) is 49.4 Å². The van der Waals surface area contributed by atoms with E-state index >= 15 is 0 Å². The molecule has 2 rings (SSSR count). The van der Waals surface area contributed by atoms with Crippen LogP contribution in [0, 0.1) is 0 Å². The van der Waals surface area contributed by atoms with E-state index in [9.17, 15) is 4.79 Å². The first-order chi connectivity index (χ1) is 9.66. The first-order valence-electron chi connectivity index (χ1n) is 6.76. The molecule has 0 saturated heterocycles. The number of nitrogens with one attached hydrogen (secondary N) is 1. The highest BCUT2D eigenvalue weighted by Crippen LogP contribution is 2.16. The number of benzene rings is 2. The van der Waals surface area contributed by atoms with Crippen LogP contribution in [0.1, 0.15) is 29.3 Å². The average molecular weight is 332 g/mol. The first kappa shape index (κ1) is 14.8. The predicted octanol–water partition coefficient (Wildman–Crippen LogP) is 4.20. The maximum atomic E-state index is 12.1. The monoisotopic (exact) mass is 331 g/mol. The fourth-order valence-electron chi connectivity index (χ4n) is 2.05. The third kappa shape index (κ3) is 4.20. The van der Waals surface area contributed by atoms with E-state index in [0.717, 1.165) is 17.3 Å². The Balaban J connectivity index is 1.87. The van der Waals surface area contributed by atoms with E-state index in [1.54, 1.807) is 0 Å². The lowest BCUT2D eigenvalue weighted by Crippen LogP contribution is -2.33. The second-order valence-electron chi connectivity index (χ2n) is 4.88. The van der Waals surface area contributed by atoms with Gasteiger partial charge in [-0.25, -0.2) is 0 Å². The molecule has 1 N–H and O–H groups in total. The van der Waals surface area contributed by atoms with Gasteiger partial charge in [0.15, 0.2) is 0 Å². The first-order valence-corrected chi connectivity index (χ1v) is 7.55. The Morgan fingerprint density at radius 3 is 2.45 bits per heavy atom. The number of aryl methyl sites for hydroxylation is 1. The third-order valence-electron chi connectivity index (χ3n) is 3.20. The molecular formula is C17H18BrNO. The zero-order chi connectivity index (χ0) is 14.4. The highest BCUT2D eigenvalue weighted by molar-refractivity contribution is 9.10. The van der Waals surface area contributed by atoms with Gasteiger partial charge in [-0.15, -0.1) is 0 Å². The highest BCUT2D eigenvalue weighted by atomic mass is 79.9. The molecule has 20 heavy (non-hydrogen) atoms. The smallest absolute Gasteiger partial charge is 0.252 e. The summed E-state index contributed by atoms with van der Waals surface area (Å²) >= 11 is 3.40. The molecule has 0 saturated carbocycles. The van der Waals surface area contributed by atoms with Crippen molar-refractivity contribution in [3.63, 3.8) is 0 Å². The van der Waals surface area contributed by atoms with Gasteiger partial charge in [-0.3, -0.25) is 4.79 Å². The van der Waals surface area contributed by atoms with Crippen LogP contribution in [0.25, 0.3) is 0 Å². The van der Waals surface area contributed by atoms with Gasteiger partial charge in [0, 0.05) is 10.5 Å². The topological polar surface area (TPSA) is 29.1 Å². The summed E-state index contributed by atoms with van der Waals surface area (Å²) in [6.07, 6.45) is 1.90. The average Bonchev–Trinajstić information content (AvgIpc) is 2.46. The maximum absolute atomic E-state index is 12.1. The number of hydrogen-bond donors (Lipinski definition) is 1. The van der Waals surface area contributed by atoms with Crippen molar-refractivity contribution >= 4 is 21.8 Å². The molecule has 0 heterocycles. The Kier molecular flexibility index (Phi) is 5.36. The van der Waals surface area contributed by atoms with Gasteiger partial charge in [-0.1, -0.05) is 42.5 Å². The SMILES string of the molecule is C[C@@H](CCc1ccccc1)NC(=O)c1ccccc1Br. The molecule has 1 amide bonds. The molecule has 0 fully saturated rings. The van der Waals surface area contributed by atoms with E-state index in [4.69, 9.17) is 0 Å². The molecule has 0 aliphatic carbocycles. The van der Waals surface area contributed by atoms with Gasteiger partial charge in [0.2, 0.25) is 0 Å². The van der Waals surface area contributed by atoms with Gasteiger partial charge < -0.3 is 5.32 Å². The van der Waals surface area contributed by atoms with Crippen LogP contribution in [-0.4, -0.2) is 11.9 Å². The molecule has 2 nitrogen and oxygen atoms in total. The van der Waals surface area contributed by atoms with Crippen LogP contribution >= 0.6 is 15.9 Å². The predicted molar refractivity (Wildman–Crippen MR) is 85.8 cm³/mol. The zero-order valence-corrected chi connectivity index (χ0v) is 13.1. The van der Waals surface area contributed by atoms with Crippen LogP contribution in [0.5, 0.6) is 0 Å². The quantitative estimate of drug-likeness (QED) is 0.873. The van der Waals surface area contributed by atoms with Crippen LogP contribution in [0.2, 0.25) is 0 Å². The second kappa shape index (κ2) is 7.25. The van der Waals surface area contributed by atoms with Crippen molar-refractivity contribution in [2.75, 3.05) is 0 Å². The molecule has 104 valence electrons. The van der Waals surface area contributed by atoms with Crippen LogP contribution in [-0.2, 0) is 6.42 Å². The Bertz CT molecular complexity index is 568. The number of amides is 1. The third-order valence-corrected chi connectivity index (χ3v) is 3.90. The van der Waals surface area contributed by atoms with Crippen molar-refractivity contribution in [1.82, 2.24) is 5.32 Å². The van der Waals surface area contributed by atoms with Crippen LogP contribution in [0.15, 0.2) is 59.1 Å². The standard InChI is InChI=1S/C17H18BrNO/c1-13(11-12-14-7-3-2-4-8-14)19-17(20)15-9-5-6-10-16(15)18/h2-10,13H,11-12H2,1H3,(H,19,20)/t13-/m0/s1. The van der Waals surface area contributed by atoms with Crippen LogP contribution in [0.3, 0.4) is 0 Å². The summed E-state index contributed by atoms with van der Waals surface area (Å²) in [6.45, 7) is 2.04. The fourth-order valence-corrected chi connectivity index (χ4v) is 2.51. The molecule has 0 aliphatic heterocycles. The highest BCUT2D eigenvalue weighted by Gasteiger charge is 2.12. The van der Waals surface area contributed by atoms with Crippen molar-refractivity contribution < 1.29 is 4.79 Å². The summed E-state index contributed by atoms with van der Waals surface area (Å²) in [5.74, 6) is -0.0296. The largest absolute Gasteiger partial charge is 0.350 e. The van der Waals surface area contributed by atoms with E-state index in [2.05, 4.69) is 33.4 Å². The Hall–Kier alpha value is -1.61. The number of hydrogen-bond acceptors (Lipinski definition) is 1. The lowest BCUT2D eigenvalue weighted by molar-refractivity contribution is 0.0937. The molecule has 2 aromatic rings. The van der Waals surface area contributed by atoms with Crippen LogP contribution < -0.4 is 5.32 Å². The summed E-state index contributed by atoms with van der Waals surface area (Å²) in [6, 6.07) is 17.9. The van der Waals surface area contributed by atoms with Crippen molar-refractivity contribution in [1.29, 1.82) is 0 Å².